The van der Waals surface area contributed by atoms with Gasteiger partial charge >= 0.3 is 0 Å². The number of rotatable bonds is 5. The van der Waals surface area contributed by atoms with E-state index >= 15 is 0 Å². The van der Waals surface area contributed by atoms with Crippen LogP contribution >= 0.6 is 0 Å². The second-order valence-electron chi connectivity index (χ2n) is 5.76. The summed E-state index contributed by atoms with van der Waals surface area (Å²) in [6.45, 7) is 5.12. The zero-order chi connectivity index (χ0) is 18.4. The normalized spacial score (nSPS) is 10.0. The number of hydrogen-bond donors (Lipinski definition) is 3. The summed E-state index contributed by atoms with van der Waals surface area (Å²) in [4.78, 5) is 35.1. The van der Waals surface area contributed by atoms with Gasteiger partial charge in [0.2, 0.25) is 11.8 Å². The van der Waals surface area contributed by atoms with Gasteiger partial charge in [0.05, 0.1) is 6.54 Å². The van der Waals surface area contributed by atoms with Gasteiger partial charge in [0.25, 0.3) is 5.91 Å². The molecule has 0 fully saturated rings. The third-order valence-corrected chi connectivity index (χ3v) is 3.62. The SMILES string of the molecule is CC(=O)Nc1ccc(C(=O)NCC(=O)Nc2c(C)cccc2C)cc1. The van der Waals surface area contributed by atoms with Gasteiger partial charge in [-0.25, -0.2) is 0 Å². The molecule has 0 bridgehead atoms. The van der Waals surface area contributed by atoms with E-state index in [9.17, 15) is 14.4 Å². The van der Waals surface area contributed by atoms with Gasteiger partial charge < -0.3 is 16.0 Å². The van der Waals surface area contributed by atoms with E-state index in [0.717, 1.165) is 16.8 Å². The zero-order valence-electron chi connectivity index (χ0n) is 14.5. The molecule has 3 amide bonds. The van der Waals surface area contributed by atoms with Crippen molar-refractivity contribution in [3.05, 3.63) is 59.2 Å². The first-order valence-electron chi connectivity index (χ1n) is 7.88. The maximum absolute atomic E-state index is 12.1. The molecule has 0 aliphatic heterocycles. The number of carbonyl (C=O) groups is 3. The van der Waals surface area contributed by atoms with E-state index in [1.165, 1.54) is 6.92 Å². The number of aryl methyl sites for hydroxylation is 2. The average molecular weight is 339 g/mol. The summed E-state index contributed by atoms with van der Waals surface area (Å²) in [7, 11) is 0. The first-order valence-corrected chi connectivity index (χ1v) is 7.88. The van der Waals surface area contributed by atoms with Gasteiger partial charge in [-0.2, -0.15) is 0 Å². The van der Waals surface area contributed by atoms with E-state index in [-0.39, 0.29) is 24.3 Å². The van der Waals surface area contributed by atoms with Crippen LogP contribution in [0.5, 0.6) is 0 Å². The highest BCUT2D eigenvalue weighted by Crippen LogP contribution is 2.19. The molecule has 0 spiro atoms. The molecule has 0 atom stereocenters. The van der Waals surface area contributed by atoms with E-state index in [1.807, 2.05) is 32.0 Å². The zero-order valence-corrected chi connectivity index (χ0v) is 14.5. The third-order valence-electron chi connectivity index (χ3n) is 3.62. The standard InChI is InChI=1S/C19H21N3O3/c1-12-5-4-6-13(2)18(12)22-17(24)11-20-19(25)15-7-9-16(10-8-15)21-14(3)23/h4-10H,11H2,1-3H3,(H,20,25)(H,21,23)(H,22,24). The number of nitrogens with one attached hydrogen (secondary N) is 3. The lowest BCUT2D eigenvalue weighted by molar-refractivity contribution is -0.115. The van der Waals surface area contributed by atoms with Gasteiger partial charge in [-0.1, -0.05) is 18.2 Å². The van der Waals surface area contributed by atoms with Crippen molar-refractivity contribution < 1.29 is 14.4 Å². The fourth-order valence-corrected chi connectivity index (χ4v) is 2.37. The number of hydrogen-bond acceptors (Lipinski definition) is 3. The van der Waals surface area contributed by atoms with Crippen LogP contribution in [0.1, 0.15) is 28.4 Å². The van der Waals surface area contributed by atoms with Crippen molar-refractivity contribution in [2.45, 2.75) is 20.8 Å². The van der Waals surface area contributed by atoms with Crippen LogP contribution in [0.3, 0.4) is 0 Å². The Balaban J connectivity index is 1.91. The van der Waals surface area contributed by atoms with Crippen molar-refractivity contribution in [1.82, 2.24) is 5.32 Å². The quantitative estimate of drug-likeness (QED) is 0.782. The lowest BCUT2D eigenvalue weighted by Gasteiger charge is -2.12. The molecule has 6 nitrogen and oxygen atoms in total. The summed E-state index contributed by atoms with van der Waals surface area (Å²) >= 11 is 0. The van der Waals surface area contributed by atoms with E-state index in [4.69, 9.17) is 0 Å². The first kappa shape index (κ1) is 18.2. The summed E-state index contributed by atoms with van der Waals surface area (Å²) in [6, 6.07) is 12.2. The number of amides is 3. The Kier molecular flexibility index (Phi) is 5.89. The predicted octanol–water partition coefficient (Wildman–Crippen LogP) is 2.63. The second kappa shape index (κ2) is 8.10. The van der Waals surface area contributed by atoms with Crippen LogP contribution in [-0.2, 0) is 9.59 Å². The van der Waals surface area contributed by atoms with Crippen LogP contribution in [0.15, 0.2) is 42.5 Å². The largest absolute Gasteiger partial charge is 0.343 e. The molecule has 0 aromatic heterocycles. The summed E-state index contributed by atoms with van der Waals surface area (Å²) in [5.74, 6) is -0.827. The molecule has 2 aromatic carbocycles. The van der Waals surface area contributed by atoms with Crippen molar-refractivity contribution in [3.8, 4) is 0 Å². The molecule has 0 saturated carbocycles. The maximum atomic E-state index is 12.1. The summed E-state index contributed by atoms with van der Waals surface area (Å²) in [5, 5.41) is 8.02. The summed E-state index contributed by atoms with van der Waals surface area (Å²) in [5.41, 5.74) is 3.72. The van der Waals surface area contributed by atoms with Crippen LogP contribution in [0, 0.1) is 13.8 Å². The van der Waals surface area contributed by atoms with Crippen LogP contribution in [0.4, 0.5) is 11.4 Å². The van der Waals surface area contributed by atoms with E-state index in [2.05, 4.69) is 16.0 Å². The van der Waals surface area contributed by atoms with Crippen molar-refractivity contribution in [3.63, 3.8) is 0 Å². The molecule has 0 radical (unpaired) electrons. The van der Waals surface area contributed by atoms with E-state index < -0.39 is 0 Å². The molecule has 0 aliphatic carbocycles. The highest BCUT2D eigenvalue weighted by atomic mass is 16.2. The molecule has 0 saturated heterocycles. The molecule has 0 aliphatic rings. The molecule has 2 aromatic rings. The van der Waals surface area contributed by atoms with Crippen molar-refractivity contribution in [2.75, 3.05) is 17.2 Å². The van der Waals surface area contributed by atoms with Gasteiger partial charge in [-0.3, -0.25) is 14.4 Å². The smallest absolute Gasteiger partial charge is 0.251 e. The Morgan fingerprint density at radius 3 is 2.04 bits per heavy atom. The average Bonchev–Trinajstić information content (AvgIpc) is 2.56. The highest BCUT2D eigenvalue weighted by molar-refractivity contribution is 6.00. The number of benzene rings is 2. The molecule has 130 valence electrons. The summed E-state index contributed by atoms with van der Waals surface area (Å²) < 4.78 is 0. The highest BCUT2D eigenvalue weighted by Gasteiger charge is 2.10. The fraction of sp³-hybridized carbons (Fsp3) is 0.211. The third kappa shape index (κ3) is 5.17. The van der Waals surface area contributed by atoms with Gasteiger partial charge in [0, 0.05) is 23.9 Å². The van der Waals surface area contributed by atoms with E-state index in [1.54, 1.807) is 24.3 Å². The molecule has 6 heteroatoms. The Morgan fingerprint density at radius 2 is 1.48 bits per heavy atom. The number of para-hydroxylation sites is 1. The summed E-state index contributed by atoms with van der Waals surface area (Å²) in [6.07, 6.45) is 0. The lowest BCUT2D eigenvalue weighted by Crippen LogP contribution is -2.33. The lowest BCUT2D eigenvalue weighted by atomic mass is 10.1. The second-order valence-corrected chi connectivity index (χ2v) is 5.76. The van der Waals surface area contributed by atoms with Crippen LogP contribution in [0.2, 0.25) is 0 Å². The molecule has 2 rings (SSSR count). The maximum Gasteiger partial charge on any atom is 0.251 e. The van der Waals surface area contributed by atoms with Gasteiger partial charge in [0.15, 0.2) is 0 Å². The Labute approximate surface area is 146 Å². The fourth-order valence-electron chi connectivity index (χ4n) is 2.37. The van der Waals surface area contributed by atoms with Gasteiger partial charge in [0.1, 0.15) is 0 Å². The first-order chi connectivity index (χ1) is 11.9. The minimum Gasteiger partial charge on any atom is -0.343 e. The topological polar surface area (TPSA) is 87.3 Å². The number of carbonyl (C=O) groups excluding carboxylic acids is 3. The van der Waals surface area contributed by atoms with Crippen molar-refractivity contribution in [1.29, 1.82) is 0 Å². The Hall–Kier alpha value is -3.15. The Morgan fingerprint density at radius 1 is 0.880 bits per heavy atom. The van der Waals surface area contributed by atoms with Crippen LogP contribution < -0.4 is 16.0 Å². The minimum atomic E-state index is -0.356. The van der Waals surface area contributed by atoms with Crippen LogP contribution in [0.25, 0.3) is 0 Å². The minimum absolute atomic E-state index is 0.125. The number of anilines is 2. The van der Waals surface area contributed by atoms with Gasteiger partial charge in [-0.05, 0) is 49.2 Å². The van der Waals surface area contributed by atoms with E-state index in [0.29, 0.717) is 11.3 Å². The predicted molar refractivity (Wildman–Crippen MR) is 97.6 cm³/mol. The molecule has 25 heavy (non-hydrogen) atoms. The van der Waals surface area contributed by atoms with Crippen LogP contribution in [-0.4, -0.2) is 24.3 Å². The van der Waals surface area contributed by atoms with Crippen molar-refractivity contribution >= 4 is 29.1 Å². The molecular formula is C19H21N3O3. The van der Waals surface area contributed by atoms with Crippen molar-refractivity contribution in [2.24, 2.45) is 0 Å². The molecule has 0 unspecified atom stereocenters. The Bertz CT molecular complexity index is 778. The molecular weight excluding hydrogens is 318 g/mol. The van der Waals surface area contributed by atoms with Gasteiger partial charge in [-0.15, -0.1) is 0 Å². The molecule has 0 heterocycles. The molecule has 3 N–H and O–H groups in total. The monoisotopic (exact) mass is 339 g/mol.